The molecule has 0 radical (unpaired) electrons. The normalized spacial score (nSPS) is 12.9. The molecule has 2 N–H and O–H groups in total. The molecule has 1 atom stereocenters. The van der Waals surface area contributed by atoms with Crippen LogP contribution in [-0.4, -0.2) is 11.1 Å². The van der Waals surface area contributed by atoms with Crippen LogP contribution in [0.2, 0.25) is 0 Å². The first-order valence-corrected chi connectivity index (χ1v) is 5.00. The highest BCUT2D eigenvalue weighted by Crippen LogP contribution is 2.18. The van der Waals surface area contributed by atoms with Gasteiger partial charge in [0.15, 0.2) is 0 Å². The average Bonchev–Trinajstić information content (AvgIpc) is 2.16. The summed E-state index contributed by atoms with van der Waals surface area (Å²) in [7, 11) is 0. The fraction of sp³-hybridized carbons (Fsp3) is 0.545. The molecule has 3 nitrogen and oxygen atoms in total. The Kier molecular flexibility index (Phi) is 3.89. The van der Waals surface area contributed by atoms with Gasteiger partial charge in [-0.3, -0.25) is 4.98 Å². The fourth-order valence-corrected chi connectivity index (χ4v) is 1.21. The SMILES string of the molecule is CCC(N)c1cncc(OC(C)C)c1. The van der Waals surface area contributed by atoms with Gasteiger partial charge in [-0.15, -0.1) is 0 Å². The van der Waals surface area contributed by atoms with Crippen molar-refractivity contribution in [2.24, 2.45) is 5.73 Å². The molecule has 0 amide bonds. The smallest absolute Gasteiger partial charge is 0.138 e. The van der Waals surface area contributed by atoms with E-state index in [1.54, 1.807) is 12.4 Å². The van der Waals surface area contributed by atoms with Crippen molar-refractivity contribution in [2.45, 2.75) is 39.3 Å². The lowest BCUT2D eigenvalue weighted by atomic mass is 10.1. The molecule has 1 rings (SSSR count). The molecule has 0 spiro atoms. The van der Waals surface area contributed by atoms with Crippen molar-refractivity contribution < 1.29 is 4.74 Å². The molecule has 1 unspecified atom stereocenters. The molecule has 0 saturated heterocycles. The van der Waals surface area contributed by atoms with Gasteiger partial charge >= 0.3 is 0 Å². The van der Waals surface area contributed by atoms with E-state index < -0.39 is 0 Å². The van der Waals surface area contributed by atoms with Crippen LogP contribution in [0.4, 0.5) is 0 Å². The van der Waals surface area contributed by atoms with Crippen LogP contribution in [0.5, 0.6) is 5.75 Å². The minimum atomic E-state index is 0.0539. The maximum atomic E-state index is 5.90. The zero-order valence-corrected chi connectivity index (χ0v) is 9.03. The molecule has 0 saturated carbocycles. The highest BCUT2D eigenvalue weighted by Gasteiger charge is 2.05. The van der Waals surface area contributed by atoms with E-state index in [4.69, 9.17) is 10.5 Å². The van der Waals surface area contributed by atoms with E-state index >= 15 is 0 Å². The van der Waals surface area contributed by atoms with Crippen LogP contribution in [0, 0.1) is 0 Å². The van der Waals surface area contributed by atoms with Crippen molar-refractivity contribution in [2.75, 3.05) is 0 Å². The van der Waals surface area contributed by atoms with E-state index in [2.05, 4.69) is 11.9 Å². The van der Waals surface area contributed by atoms with Crippen LogP contribution in [0.3, 0.4) is 0 Å². The largest absolute Gasteiger partial charge is 0.489 e. The Hall–Kier alpha value is -1.09. The standard InChI is InChI=1S/C11H18N2O/c1-4-11(12)9-5-10(7-13-6-9)14-8(2)3/h5-8,11H,4,12H2,1-3H3. The minimum absolute atomic E-state index is 0.0539. The second-order valence-corrected chi connectivity index (χ2v) is 3.64. The van der Waals surface area contributed by atoms with Crippen LogP contribution in [0.15, 0.2) is 18.5 Å². The molecule has 1 aromatic rings. The third kappa shape index (κ3) is 3.00. The molecule has 1 heterocycles. The monoisotopic (exact) mass is 194 g/mol. The molecular formula is C11H18N2O. The number of pyridine rings is 1. The lowest BCUT2D eigenvalue weighted by Crippen LogP contribution is -2.10. The van der Waals surface area contributed by atoms with E-state index in [0.717, 1.165) is 17.7 Å². The molecule has 3 heteroatoms. The Morgan fingerprint density at radius 1 is 1.43 bits per heavy atom. The summed E-state index contributed by atoms with van der Waals surface area (Å²) in [6.45, 7) is 6.04. The summed E-state index contributed by atoms with van der Waals surface area (Å²) in [6.07, 6.45) is 4.59. The topological polar surface area (TPSA) is 48.1 Å². The molecule has 78 valence electrons. The predicted molar refractivity (Wildman–Crippen MR) is 57.2 cm³/mol. The first-order chi connectivity index (χ1) is 6.63. The first-order valence-electron chi connectivity index (χ1n) is 5.00. The molecule has 0 bridgehead atoms. The second kappa shape index (κ2) is 4.96. The van der Waals surface area contributed by atoms with Crippen LogP contribution in [0.1, 0.15) is 38.8 Å². The number of hydrogen-bond donors (Lipinski definition) is 1. The van der Waals surface area contributed by atoms with Crippen LogP contribution >= 0.6 is 0 Å². The van der Waals surface area contributed by atoms with E-state index in [-0.39, 0.29) is 12.1 Å². The maximum absolute atomic E-state index is 5.90. The molecule has 0 aromatic carbocycles. The Balaban J connectivity index is 2.78. The summed E-state index contributed by atoms with van der Waals surface area (Å²) in [5.74, 6) is 0.793. The van der Waals surface area contributed by atoms with E-state index in [1.807, 2.05) is 19.9 Å². The van der Waals surface area contributed by atoms with E-state index in [1.165, 1.54) is 0 Å². The molecule has 1 aromatic heterocycles. The lowest BCUT2D eigenvalue weighted by Gasteiger charge is -2.12. The Labute approximate surface area is 85.3 Å². The van der Waals surface area contributed by atoms with Gasteiger partial charge in [0.05, 0.1) is 12.3 Å². The van der Waals surface area contributed by atoms with E-state index in [9.17, 15) is 0 Å². The molecule has 0 aliphatic heterocycles. The number of nitrogens with zero attached hydrogens (tertiary/aromatic N) is 1. The van der Waals surface area contributed by atoms with Gasteiger partial charge in [-0.2, -0.15) is 0 Å². The summed E-state index contributed by atoms with van der Waals surface area (Å²) < 4.78 is 5.53. The van der Waals surface area contributed by atoms with Gasteiger partial charge in [0, 0.05) is 12.2 Å². The third-order valence-corrected chi connectivity index (χ3v) is 1.97. The summed E-state index contributed by atoms with van der Waals surface area (Å²) in [6, 6.07) is 2.01. The number of ether oxygens (including phenoxy) is 1. The van der Waals surface area contributed by atoms with Crippen molar-refractivity contribution in [1.29, 1.82) is 0 Å². The fourth-order valence-electron chi connectivity index (χ4n) is 1.21. The van der Waals surface area contributed by atoms with Crippen molar-refractivity contribution in [3.63, 3.8) is 0 Å². The predicted octanol–water partition coefficient (Wildman–Crippen LogP) is 2.28. The van der Waals surface area contributed by atoms with Gasteiger partial charge in [0.2, 0.25) is 0 Å². The molecule has 14 heavy (non-hydrogen) atoms. The summed E-state index contributed by atoms with van der Waals surface area (Å²) in [5, 5.41) is 0. The Morgan fingerprint density at radius 3 is 2.71 bits per heavy atom. The number of aromatic nitrogens is 1. The van der Waals surface area contributed by atoms with Gasteiger partial charge in [-0.1, -0.05) is 6.92 Å². The minimum Gasteiger partial charge on any atom is -0.489 e. The summed E-state index contributed by atoms with van der Waals surface area (Å²) in [5.41, 5.74) is 6.93. The van der Waals surface area contributed by atoms with Crippen molar-refractivity contribution >= 4 is 0 Å². The zero-order valence-electron chi connectivity index (χ0n) is 9.03. The molecule has 0 aliphatic rings. The highest BCUT2D eigenvalue weighted by atomic mass is 16.5. The van der Waals surface area contributed by atoms with Gasteiger partial charge < -0.3 is 10.5 Å². The molecule has 0 aliphatic carbocycles. The lowest BCUT2D eigenvalue weighted by molar-refractivity contribution is 0.241. The van der Waals surface area contributed by atoms with Crippen LogP contribution in [0.25, 0.3) is 0 Å². The van der Waals surface area contributed by atoms with Gasteiger partial charge in [-0.25, -0.2) is 0 Å². The summed E-state index contributed by atoms with van der Waals surface area (Å²) in [4.78, 5) is 4.10. The van der Waals surface area contributed by atoms with Gasteiger partial charge in [-0.05, 0) is 31.9 Å². The quantitative estimate of drug-likeness (QED) is 0.800. The van der Waals surface area contributed by atoms with Crippen molar-refractivity contribution in [3.05, 3.63) is 24.0 Å². The zero-order chi connectivity index (χ0) is 10.6. The number of nitrogens with two attached hydrogens (primary N) is 1. The van der Waals surface area contributed by atoms with Crippen molar-refractivity contribution in [3.8, 4) is 5.75 Å². The highest BCUT2D eigenvalue weighted by molar-refractivity contribution is 5.25. The molecular weight excluding hydrogens is 176 g/mol. The number of rotatable bonds is 4. The average molecular weight is 194 g/mol. The first kappa shape index (κ1) is 11.0. The van der Waals surface area contributed by atoms with E-state index in [0.29, 0.717) is 0 Å². The van der Waals surface area contributed by atoms with Gasteiger partial charge in [0.25, 0.3) is 0 Å². The second-order valence-electron chi connectivity index (χ2n) is 3.64. The maximum Gasteiger partial charge on any atom is 0.138 e. The van der Waals surface area contributed by atoms with Gasteiger partial charge in [0.1, 0.15) is 5.75 Å². The molecule has 0 fully saturated rings. The number of hydrogen-bond acceptors (Lipinski definition) is 3. The Morgan fingerprint density at radius 2 is 2.14 bits per heavy atom. The van der Waals surface area contributed by atoms with Crippen LogP contribution in [-0.2, 0) is 0 Å². The van der Waals surface area contributed by atoms with Crippen LogP contribution < -0.4 is 10.5 Å². The third-order valence-electron chi connectivity index (χ3n) is 1.97. The summed E-state index contributed by atoms with van der Waals surface area (Å²) >= 11 is 0. The Bertz CT molecular complexity index is 286. The van der Waals surface area contributed by atoms with Crippen molar-refractivity contribution in [1.82, 2.24) is 4.98 Å².